The highest BCUT2D eigenvalue weighted by Gasteiger charge is 2.33. The molecule has 1 N–H and O–H groups in total. The number of ether oxygens (including phenoxy) is 3. The normalized spacial score (nSPS) is 16.8. The molecule has 34 heavy (non-hydrogen) atoms. The minimum absolute atomic E-state index is 0.0630. The predicted octanol–water partition coefficient (Wildman–Crippen LogP) is 3.92. The Morgan fingerprint density at radius 3 is 2.47 bits per heavy atom. The molecule has 12 heteroatoms. The number of nitrogens with zero attached hydrogens (tertiary/aromatic N) is 1. The van der Waals surface area contributed by atoms with Gasteiger partial charge in [-0.1, -0.05) is 0 Å². The van der Waals surface area contributed by atoms with Gasteiger partial charge in [-0.3, -0.25) is 4.72 Å². The molecule has 0 bridgehead atoms. The number of nitrogens with one attached hydrogen (secondary N) is 1. The second kappa shape index (κ2) is 10.1. The first kappa shape index (κ1) is 25.6. The van der Waals surface area contributed by atoms with Gasteiger partial charge in [0, 0.05) is 20.2 Å². The van der Waals surface area contributed by atoms with Crippen LogP contribution >= 0.6 is 0 Å². The number of carbonyl (C=O) groups excluding carboxylic acids is 1. The molecule has 1 saturated heterocycles. The molecule has 1 aliphatic rings. The van der Waals surface area contributed by atoms with Crippen molar-refractivity contribution in [3.8, 4) is 5.75 Å². The second-order valence-electron chi connectivity index (χ2n) is 7.64. The van der Waals surface area contributed by atoms with Crippen molar-refractivity contribution in [3.63, 3.8) is 0 Å². The maximum absolute atomic E-state index is 13.4. The van der Waals surface area contributed by atoms with Crippen LogP contribution in [0.5, 0.6) is 5.75 Å². The van der Waals surface area contributed by atoms with Gasteiger partial charge in [-0.05, 0) is 49.2 Å². The lowest BCUT2D eigenvalue weighted by Crippen LogP contribution is -2.39. The first-order valence-corrected chi connectivity index (χ1v) is 11.8. The van der Waals surface area contributed by atoms with Gasteiger partial charge in [0.1, 0.15) is 10.6 Å². The lowest BCUT2D eigenvalue weighted by molar-refractivity contribution is -0.137. The fourth-order valence-corrected chi connectivity index (χ4v) is 5.01. The van der Waals surface area contributed by atoms with Crippen LogP contribution in [0, 0.1) is 0 Å². The van der Waals surface area contributed by atoms with Crippen LogP contribution in [0.1, 0.15) is 28.8 Å². The van der Waals surface area contributed by atoms with Gasteiger partial charge in [-0.15, -0.1) is 0 Å². The Morgan fingerprint density at radius 1 is 1.12 bits per heavy atom. The van der Waals surface area contributed by atoms with Gasteiger partial charge in [-0.2, -0.15) is 13.2 Å². The summed E-state index contributed by atoms with van der Waals surface area (Å²) in [6.07, 6.45) is -3.32. The van der Waals surface area contributed by atoms with E-state index < -0.39 is 32.6 Å². The number of halogens is 3. The number of carbonyl (C=O) groups is 1. The number of benzene rings is 2. The van der Waals surface area contributed by atoms with E-state index in [2.05, 4.69) is 9.46 Å². The van der Waals surface area contributed by atoms with Crippen molar-refractivity contribution in [2.45, 2.75) is 30.0 Å². The molecule has 0 spiro atoms. The Morgan fingerprint density at radius 2 is 1.85 bits per heavy atom. The summed E-state index contributed by atoms with van der Waals surface area (Å²) in [5, 5.41) is 0. The van der Waals surface area contributed by atoms with E-state index in [1.165, 1.54) is 25.3 Å². The lowest BCUT2D eigenvalue weighted by Gasteiger charge is -2.35. The van der Waals surface area contributed by atoms with E-state index >= 15 is 0 Å². The minimum Gasteiger partial charge on any atom is -0.495 e. The van der Waals surface area contributed by atoms with E-state index in [1.54, 1.807) is 12.0 Å². The Labute approximate surface area is 195 Å². The van der Waals surface area contributed by atoms with Gasteiger partial charge >= 0.3 is 12.1 Å². The van der Waals surface area contributed by atoms with Crippen molar-refractivity contribution >= 4 is 27.4 Å². The molecule has 2 aromatic rings. The third-order valence-corrected chi connectivity index (χ3v) is 6.88. The molecule has 8 nitrogen and oxygen atoms in total. The summed E-state index contributed by atoms with van der Waals surface area (Å²) in [7, 11) is -0.549. The average molecular weight is 503 g/mol. The largest absolute Gasteiger partial charge is 0.495 e. The number of esters is 1. The monoisotopic (exact) mass is 502 g/mol. The van der Waals surface area contributed by atoms with Crippen molar-refractivity contribution in [1.29, 1.82) is 0 Å². The maximum atomic E-state index is 13.4. The second-order valence-corrected chi connectivity index (χ2v) is 9.29. The Hall–Kier alpha value is -2.99. The van der Waals surface area contributed by atoms with Crippen molar-refractivity contribution in [3.05, 3.63) is 47.5 Å². The molecular formula is C22H25F3N2O6S. The summed E-state index contributed by atoms with van der Waals surface area (Å²) >= 11 is 0. The summed E-state index contributed by atoms with van der Waals surface area (Å²) in [4.78, 5) is 13.3. The van der Waals surface area contributed by atoms with Crippen molar-refractivity contribution < 1.29 is 40.6 Å². The van der Waals surface area contributed by atoms with Crippen LogP contribution in [0.15, 0.2) is 41.3 Å². The van der Waals surface area contributed by atoms with E-state index in [0.717, 1.165) is 38.2 Å². The Bertz CT molecular complexity index is 1150. The van der Waals surface area contributed by atoms with E-state index in [9.17, 15) is 26.4 Å². The zero-order valence-corrected chi connectivity index (χ0v) is 19.6. The highest BCUT2D eigenvalue weighted by molar-refractivity contribution is 7.92. The van der Waals surface area contributed by atoms with Gasteiger partial charge in [0.25, 0.3) is 10.0 Å². The molecule has 3 rings (SSSR count). The lowest BCUT2D eigenvalue weighted by atomic mass is 10.1. The van der Waals surface area contributed by atoms with Crippen LogP contribution in [-0.4, -0.2) is 54.9 Å². The topological polar surface area (TPSA) is 94.2 Å². The third kappa shape index (κ3) is 5.55. The number of rotatable bonds is 7. The summed E-state index contributed by atoms with van der Waals surface area (Å²) in [6, 6.07) is 6.52. The maximum Gasteiger partial charge on any atom is 0.416 e. The predicted molar refractivity (Wildman–Crippen MR) is 119 cm³/mol. The van der Waals surface area contributed by atoms with E-state index in [4.69, 9.17) is 9.47 Å². The van der Waals surface area contributed by atoms with Crippen LogP contribution in [-0.2, 0) is 25.7 Å². The molecule has 2 aromatic carbocycles. The van der Waals surface area contributed by atoms with Crippen molar-refractivity contribution in [2.75, 3.05) is 44.0 Å². The molecule has 0 amide bonds. The smallest absolute Gasteiger partial charge is 0.416 e. The van der Waals surface area contributed by atoms with Crippen LogP contribution in [0.2, 0.25) is 0 Å². The van der Waals surface area contributed by atoms with Crippen LogP contribution < -0.4 is 14.4 Å². The molecule has 1 heterocycles. The van der Waals surface area contributed by atoms with Crippen molar-refractivity contribution in [1.82, 2.24) is 0 Å². The molecule has 1 fully saturated rings. The fourth-order valence-electron chi connectivity index (χ4n) is 3.75. The molecule has 1 unspecified atom stereocenters. The quantitative estimate of drug-likeness (QED) is 0.574. The Balaban J connectivity index is 2.09. The third-order valence-electron chi connectivity index (χ3n) is 5.49. The summed E-state index contributed by atoms with van der Waals surface area (Å²) < 4.78 is 84.3. The molecule has 0 radical (unpaired) electrons. The molecule has 0 aromatic heterocycles. The number of anilines is 2. The first-order chi connectivity index (χ1) is 16.0. The summed E-state index contributed by atoms with van der Waals surface area (Å²) in [5.74, 6) is -0.871. The highest BCUT2D eigenvalue weighted by atomic mass is 32.2. The van der Waals surface area contributed by atoms with Gasteiger partial charge in [0.2, 0.25) is 0 Å². The van der Waals surface area contributed by atoms with Gasteiger partial charge in [-0.25, -0.2) is 13.2 Å². The minimum atomic E-state index is -4.68. The van der Waals surface area contributed by atoms with Crippen LogP contribution in [0.25, 0.3) is 0 Å². The van der Waals surface area contributed by atoms with E-state index in [1.807, 2.05) is 0 Å². The molecular weight excluding hydrogens is 477 g/mol. The Kier molecular flexibility index (Phi) is 7.61. The summed E-state index contributed by atoms with van der Waals surface area (Å²) in [6.45, 7) is 0.902. The standard InChI is InChI=1S/C22H25F3N2O6S/c1-31-16-5-4-10-27(13-16)18-8-7-15(22(23,24)25)12-17(18)26-34(29,30)20-11-14(21(28)33-3)6-9-19(20)32-2/h6-9,11-12,16,26H,4-5,10,13H2,1-3H3. The summed E-state index contributed by atoms with van der Waals surface area (Å²) in [5.41, 5.74) is -1.05. The van der Waals surface area contributed by atoms with Gasteiger partial charge in [0.15, 0.2) is 0 Å². The molecule has 0 aliphatic carbocycles. The zero-order valence-electron chi connectivity index (χ0n) is 18.8. The first-order valence-electron chi connectivity index (χ1n) is 10.3. The number of sulfonamides is 1. The van der Waals surface area contributed by atoms with Crippen molar-refractivity contribution in [2.24, 2.45) is 0 Å². The number of hydrogen-bond acceptors (Lipinski definition) is 7. The molecule has 186 valence electrons. The molecule has 1 aliphatic heterocycles. The van der Waals surface area contributed by atoms with E-state index in [-0.39, 0.29) is 28.8 Å². The molecule has 1 atom stereocenters. The SMILES string of the molecule is COC(=O)c1ccc(OC)c(S(=O)(=O)Nc2cc(C(F)(F)F)ccc2N2CCCC(OC)C2)c1. The van der Waals surface area contributed by atoms with E-state index in [0.29, 0.717) is 13.1 Å². The average Bonchev–Trinajstić information content (AvgIpc) is 2.82. The fraction of sp³-hybridized carbons (Fsp3) is 0.409. The van der Waals surface area contributed by atoms with Crippen LogP contribution in [0.4, 0.5) is 24.5 Å². The number of alkyl halides is 3. The van der Waals surface area contributed by atoms with Crippen LogP contribution in [0.3, 0.4) is 0 Å². The highest BCUT2D eigenvalue weighted by Crippen LogP contribution is 2.38. The zero-order chi connectivity index (χ0) is 25.1. The van der Waals surface area contributed by atoms with Gasteiger partial charge in [0.05, 0.1) is 42.8 Å². The number of piperidine rings is 1. The molecule has 0 saturated carbocycles. The van der Waals surface area contributed by atoms with Gasteiger partial charge < -0.3 is 19.1 Å². The number of hydrogen-bond donors (Lipinski definition) is 1. The number of methoxy groups -OCH3 is 3.